The van der Waals surface area contributed by atoms with Crippen LogP contribution in [0.15, 0.2) is 0 Å². The summed E-state index contributed by atoms with van der Waals surface area (Å²) < 4.78 is 5.24. The van der Waals surface area contributed by atoms with Crippen LogP contribution < -0.4 is 5.32 Å². The highest BCUT2D eigenvalue weighted by Gasteiger charge is 2.17. The van der Waals surface area contributed by atoms with Crippen molar-refractivity contribution in [2.45, 2.75) is 45.2 Å². The number of hydrogen-bond acceptors (Lipinski definition) is 4. The van der Waals surface area contributed by atoms with Crippen LogP contribution in [-0.2, 0) is 4.74 Å². The molecule has 0 aliphatic carbocycles. The Labute approximate surface area is 105 Å². The third-order valence-electron chi connectivity index (χ3n) is 3.41. The van der Waals surface area contributed by atoms with Crippen LogP contribution in [0.2, 0.25) is 0 Å². The molecule has 4 heteroatoms. The number of rotatable bonds is 7. The predicted octanol–water partition coefficient (Wildman–Crippen LogP) is 0.848. The van der Waals surface area contributed by atoms with E-state index in [0.717, 1.165) is 6.54 Å². The maximum absolute atomic E-state index is 8.58. The minimum atomic E-state index is 0.118. The molecular formula is C13H28N2O2. The van der Waals surface area contributed by atoms with Gasteiger partial charge in [0.2, 0.25) is 0 Å². The third-order valence-corrected chi connectivity index (χ3v) is 3.41. The van der Waals surface area contributed by atoms with Crippen molar-refractivity contribution in [2.24, 2.45) is 0 Å². The molecule has 0 radical (unpaired) electrons. The standard InChI is InChI=1S/C13H28N2O2/c1-12(2)15-7-3-4-13(5-8-15)14-6-10-17-11-9-16/h12-14,16H,3-11H2,1-2H3. The Hall–Kier alpha value is -0.160. The number of hydrogen-bond donors (Lipinski definition) is 2. The van der Waals surface area contributed by atoms with Crippen molar-refractivity contribution in [2.75, 3.05) is 39.5 Å². The molecule has 0 aromatic heterocycles. The van der Waals surface area contributed by atoms with Crippen molar-refractivity contribution in [1.29, 1.82) is 0 Å². The molecule has 2 N–H and O–H groups in total. The van der Waals surface area contributed by atoms with Gasteiger partial charge in [0.1, 0.15) is 0 Å². The van der Waals surface area contributed by atoms with Gasteiger partial charge >= 0.3 is 0 Å². The maximum atomic E-state index is 8.58. The van der Waals surface area contributed by atoms with E-state index in [2.05, 4.69) is 24.1 Å². The Morgan fingerprint density at radius 3 is 2.82 bits per heavy atom. The van der Waals surface area contributed by atoms with Gasteiger partial charge in [-0.05, 0) is 46.2 Å². The van der Waals surface area contributed by atoms with Gasteiger partial charge in [-0.3, -0.25) is 0 Å². The minimum Gasteiger partial charge on any atom is -0.394 e. The van der Waals surface area contributed by atoms with Gasteiger partial charge < -0.3 is 20.1 Å². The van der Waals surface area contributed by atoms with Gasteiger partial charge in [-0.15, -0.1) is 0 Å². The largest absolute Gasteiger partial charge is 0.394 e. The lowest BCUT2D eigenvalue weighted by Crippen LogP contribution is -2.35. The van der Waals surface area contributed by atoms with Crippen molar-refractivity contribution >= 4 is 0 Å². The lowest BCUT2D eigenvalue weighted by Gasteiger charge is -2.24. The first kappa shape index (κ1) is 14.9. The summed E-state index contributed by atoms with van der Waals surface area (Å²) in [5.41, 5.74) is 0. The average molecular weight is 244 g/mol. The summed E-state index contributed by atoms with van der Waals surface area (Å²) >= 11 is 0. The zero-order valence-corrected chi connectivity index (χ0v) is 11.3. The van der Waals surface area contributed by atoms with E-state index in [4.69, 9.17) is 9.84 Å². The molecule has 0 bridgehead atoms. The highest BCUT2D eigenvalue weighted by Crippen LogP contribution is 2.12. The Balaban J connectivity index is 2.09. The summed E-state index contributed by atoms with van der Waals surface area (Å²) in [6.45, 7) is 9.15. The third kappa shape index (κ3) is 6.36. The summed E-state index contributed by atoms with van der Waals surface area (Å²) in [7, 11) is 0. The monoisotopic (exact) mass is 244 g/mol. The van der Waals surface area contributed by atoms with E-state index in [1.165, 1.54) is 32.4 Å². The van der Waals surface area contributed by atoms with Crippen LogP contribution in [0.5, 0.6) is 0 Å². The fraction of sp³-hybridized carbons (Fsp3) is 1.00. The van der Waals surface area contributed by atoms with Crippen LogP contribution in [0.25, 0.3) is 0 Å². The van der Waals surface area contributed by atoms with Crippen LogP contribution in [0, 0.1) is 0 Å². The summed E-state index contributed by atoms with van der Waals surface area (Å²) in [5, 5.41) is 12.1. The number of aliphatic hydroxyl groups excluding tert-OH is 1. The molecule has 1 fully saturated rings. The van der Waals surface area contributed by atoms with Gasteiger partial charge in [-0.25, -0.2) is 0 Å². The predicted molar refractivity (Wildman–Crippen MR) is 70.3 cm³/mol. The molecule has 1 unspecified atom stereocenters. The molecule has 0 amide bonds. The lowest BCUT2D eigenvalue weighted by molar-refractivity contribution is 0.0922. The molecule has 102 valence electrons. The first-order valence-electron chi connectivity index (χ1n) is 6.90. The molecule has 0 saturated carbocycles. The van der Waals surface area contributed by atoms with Crippen LogP contribution in [0.1, 0.15) is 33.1 Å². The molecule has 1 heterocycles. The van der Waals surface area contributed by atoms with Gasteiger partial charge in [-0.1, -0.05) is 0 Å². The summed E-state index contributed by atoms with van der Waals surface area (Å²) in [5.74, 6) is 0. The molecule has 0 spiro atoms. The van der Waals surface area contributed by atoms with Crippen molar-refractivity contribution in [3.05, 3.63) is 0 Å². The van der Waals surface area contributed by atoms with Crippen molar-refractivity contribution in [1.82, 2.24) is 10.2 Å². The second kappa shape index (κ2) is 8.86. The van der Waals surface area contributed by atoms with E-state index in [9.17, 15) is 0 Å². The Bertz CT molecular complexity index is 188. The zero-order valence-electron chi connectivity index (χ0n) is 11.3. The van der Waals surface area contributed by atoms with Crippen LogP contribution in [0.3, 0.4) is 0 Å². The maximum Gasteiger partial charge on any atom is 0.0698 e. The minimum absolute atomic E-state index is 0.118. The molecule has 1 atom stereocenters. The molecular weight excluding hydrogens is 216 g/mol. The number of nitrogens with one attached hydrogen (secondary N) is 1. The first-order valence-corrected chi connectivity index (χ1v) is 6.90. The normalized spacial score (nSPS) is 22.9. The zero-order chi connectivity index (χ0) is 12.5. The van der Waals surface area contributed by atoms with Gasteiger partial charge in [0, 0.05) is 18.6 Å². The van der Waals surface area contributed by atoms with Crippen molar-refractivity contribution in [3.63, 3.8) is 0 Å². The molecule has 1 aliphatic heterocycles. The van der Waals surface area contributed by atoms with E-state index in [0.29, 0.717) is 25.3 Å². The van der Waals surface area contributed by atoms with Crippen LogP contribution >= 0.6 is 0 Å². The van der Waals surface area contributed by atoms with Gasteiger partial charge in [0.25, 0.3) is 0 Å². The van der Waals surface area contributed by atoms with Gasteiger partial charge in [-0.2, -0.15) is 0 Å². The second-order valence-electron chi connectivity index (χ2n) is 5.05. The molecule has 1 rings (SSSR count). The fourth-order valence-corrected chi connectivity index (χ4v) is 2.34. The van der Waals surface area contributed by atoms with Gasteiger partial charge in [0.15, 0.2) is 0 Å². The van der Waals surface area contributed by atoms with Crippen LogP contribution in [0.4, 0.5) is 0 Å². The summed E-state index contributed by atoms with van der Waals surface area (Å²) in [4.78, 5) is 2.56. The number of ether oxygens (including phenoxy) is 1. The van der Waals surface area contributed by atoms with Gasteiger partial charge in [0.05, 0.1) is 19.8 Å². The van der Waals surface area contributed by atoms with Crippen molar-refractivity contribution < 1.29 is 9.84 Å². The number of likely N-dealkylation sites (tertiary alicyclic amines) is 1. The quantitative estimate of drug-likeness (QED) is 0.652. The molecule has 1 saturated heterocycles. The molecule has 0 aromatic carbocycles. The molecule has 4 nitrogen and oxygen atoms in total. The van der Waals surface area contributed by atoms with E-state index in [1.807, 2.05) is 0 Å². The number of nitrogens with zero attached hydrogens (tertiary/aromatic N) is 1. The highest BCUT2D eigenvalue weighted by molar-refractivity contribution is 4.76. The summed E-state index contributed by atoms with van der Waals surface area (Å²) in [6, 6.07) is 1.30. The molecule has 17 heavy (non-hydrogen) atoms. The van der Waals surface area contributed by atoms with Crippen molar-refractivity contribution in [3.8, 4) is 0 Å². The van der Waals surface area contributed by atoms with E-state index >= 15 is 0 Å². The first-order chi connectivity index (χ1) is 8.24. The fourth-order valence-electron chi connectivity index (χ4n) is 2.34. The Morgan fingerprint density at radius 2 is 2.12 bits per heavy atom. The molecule has 0 aromatic rings. The molecule has 1 aliphatic rings. The average Bonchev–Trinajstić information content (AvgIpc) is 2.54. The Morgan fingerprint density at radius 1 is 1.29 bits per heavy atom. The lowest BCUT2D eigenvalue weighted by atomic mass is 10.1. The summed E-state index contributed by atoms with van der Waals surface area (Å²) in [6.07, 6.45) is 3.79. The topological polar surface area (TPSA) is 44.7 Å². The second-order valence-corrected chi connectivity index (χ2v) is 5.05. The highest BCUT2D eigenvalue weighted by atomic mass is 16.5. The van der Waals surface area contributed by atoms with E-state index in [1.54, 1.807) is 0 Å². The van der Waals surface area contributed by atoms with E-state index < -0.39 is 0 Å². The Kier molecular flexibility index (Phi) is 7.77. The van der Waals surface area contributed by atoms with E-state index in [-0.39, 0.29) is 6.61 Å². The van der Waals surface area contributed by atoms with Crippen LogP contribution in [-0.4, -0.2) is 61.5 Å². The SMILES string of the molecule is CC(C)N1CCCC(NCCOCCO)CC1. The number of aliphatic hydroxyl groups is 1. The smallest absolute Gasteiger partial charge is 0.0698 e.